The lowest BCUT2D eigenvalue weighted by Gasteiger charge is -2.36. The van der Waals surface area contributed by atoms with Crippen LogP contribution in [0.3, 0.4) is 0 Å². The van der Waals surface area contributed by atoms with Crippen LogP contribution in [0.1, 0.15) is 66.2 Å². The summed E-state index contributed by atoms with van der Waals surface area (Å²) in [6.45, 7) is 9.26. The van der Waals surface area contributed by atoms with Gasteiger partial charge >= 0.3 is 0 Å². The highest BCUT2D eigenvalue weighted by Gasteiger charge is 2.28. The summed E-state index contributed by atoms with van der Waals surface area (Å²) in [6.07, 6.45) is 8.28. The molecule has 0 saturated heterocycles. The Balaban J connectivity index is 2.47. The van der Waals surface area contributed by atoms with Gasteiger partial charge in [0.15, 0.2) is 0 Å². The van der Waals surface area contributed by atoms with E-state index in [1.807, 2.05) is 0 Å². The van der Waals surface area contributed by atoms with Crippen molar-refractivity contribution in [1.82, 2.24) is 5.32 Å². The smallest absolute Gasteiger partial charge is 0.0729 e. The number of likely N-dealkylation sites (N-methyl/N-ethyl adjacent to an activating group) is 1. The topological polar surface area (TPSA) is 21.3 Å². The average Bonchev–Trinajstić information content (AvgIpc) is 2.37. The normalized spacial score (nSPS) is 32.2. The molecule has 1 saturated carbocycles. The monoisotopic (exact) mass is 255 g/mol. The van der Waals surface area contributed by atoms with Crippen molar-refractivity contribution in [2.75, 3.05) is 7.05 Å². The van der Waals surface area contributed by atoms with E-state index < -0.39 is 0 Å². The minimum absolute atomic E-state index is 0.389. The van der Waals surface area contributed by atoms with Crippen LogP contribution in [0.25, 0.3) is 0 Å². The van der Waals surface area contributed by atoms with Gasteiger partial charge in [-0.1, -0.05) is 34.1 Å². The van der Waals surface area contributed by atoms with Crippen molar-refractivity contribution in [3.05, 3.63) is 0 Å². The molecular weight excluding hydrogens is 222 g/mol. The summed E-state index contributed by atoms with van der Waals surface area (Å²) in [4.78, 5) is 0. The lowest BCUT2D eigenvalue weighted by Crippen LogP contribution is -2.42. The first-order valence-corrected chi connectivity index (χ1v) is 7.95. The molecule has 2 heteroatoms. The molecule has 1 aliphatic carbocycles. The maximum atomic E-state index is 6.40. The van der Waals surface area contributed by atoms with E-state index in [-0.39, 0.29) is 0 Å². The molecule has 0 aromatic carbocycles. The Kier molecular flexibility index (Phi) is 7.25. The minimum atomic E-state index is 0.389. The Labute approximate surface area is 114 Å². The van der Waals surface area contributed by atoms with Crippen LogP contribution in [0.15, 0.2) is 0 Å². The fourth-order valence-corrected chi connectivity index (χ4v) is 3.17. The Morgan fingerprint density at radius 3 is 2.39 bits per heavy atom. The molecule has 0 bridgehead atoms. The zero-order valence-corrected chi connectivity index (χ0v) is 13.0. The Hall–Kier alpha value is -0.0800. The second-order valence-corrected chi connectivity index (χ2v) is 6.16. The number of nitrogens with one attached hydrogen (secondary N) is 1. The summed E-state index contributed by atoms with van der Waals surface area (Å²) < 4.78 is 6.40. The van der Waals surface area contributed by atoms with E-state index in [1.54, 1.807) is 0 Å². The molecule has 0 aromatic heterocycles. The van der Waals surface area contributed by atoms with E-state index in [4.69, 9.17) is 4.74 Å². The maximum Gasteiger partial charge on any atom is 0.0729 e. The SMILES string of the molecule is CCCC(NC)C(CC)OC1CCC(C)C(C)C1. The largest absolute Gasteiger partial charge is 0.373 e. The van der Waals surface area contributed by atoms with Crippen molar-refractivity contribution in [3.63, 3.8) is 0 Å². The molecule has 18 heavy (non-hydrogen) atoms. The first-order valence-electron chi connectivity index (χ1n) is 7.95. The van der Waals surface area contributed by atoms with Crippen LogP contribution in [-0.2, 0) is 4.74 Å². The van der Waals surface area contributed by atoms with Gasteiger partial charge in [0.25, 0.3) is 0 Å². The summed E-state index contributed by atoms with van der Waals surface area (Å²) in [5.41, 5.74) is 0. The van der Waals surface area contributed by atoms with E-state index >= 15 is 0 Å². The van der Waals surface area contributed by atoms with Gasteiger partial charge in [-0.25, -0.2) is 0 Å². The Morgan fingerprint density at radius 2 is 1.89 bits per heavy atom. The number of hydrogen-bond acceptors (Lipinski definition) is 2. The zero-order valence-electron chi connectivity index (χ0n) is 13.0. The van der Waals surface area contributed by atoms with Gasteiger partial charge < -0.3 is 10.1 Å². The molecule has 1 aliphatic rings. The van der Waals surface area contributed by atoms with E-state index in [2.05, 4.69) is 40.1 Å². The molecule has 108 valence electrons. The standard InChI is InChI=1S/C16H33NO/c1-6-8-15(17-5)16(7-2)18-14-10-9-12(3)13(4)11-14/h12-17H,6-11H2,1-5H3. The van der Waals surface area contributed by atoms with Gasteiger partial charge in [0.2, 0.25) is 0 Å². The minimum Gasteiger partial charge on any atom is -0.373 e. The van der Waals surface area contributed by atoms with Crippen LogP contribution in [0.2, 0.25) is 0 Å². The Bertz CT molecular complexity index is 219. The van der Waals surface area contributed by atoms with Crippen LogP contribution in [-0.4, -0.2) is 25.3 Å². The summed E-state index contributed by atoms with van der Waals surface area (Å²) in [5, 5.41) is 3.44. The van der Waals surface area contributed by atoms with Gasteiger partial charge in [-0.15, -0.1) is 0 Å². The molecule has 0 aliphatic heterocycles. The molecular formula is C16H33NO. The molecule has 0 heterocycles. The highest BCUT2D eigenvalue weighted by molar-refractivity contribution is 4.80. The first kappa shape index (κ1) is 16.0. The van der Waals surface area contributed by atoms with Crippen molar-refractivity contribution in [3.8, 4) is 0 Å². The van der Waals surface area contributed by atoms with E-state index in [9.17, 15) is 0 Å². The van der Waals surface area contributed by atoms with Gasteiger partial charge in [-0.3, -0.25) is 0 Å². The lowest BCUT2D eigenvalue weighted by atomic mass is 9.80. The summed E-state index contributed by atoms with van der Waals surface area (Å²) >= 11 is 0. The molecule has 0 aromatic rings. The van der Waals surface area contributed by atoms with Crippen LogP contribution >= 0.6 is 0 Å². The Morgan fingerprint density at radius 1 is 1.17 bits per heavy atom. The van der Waals surface area contributed by atoms with Crippen LogP contribution in [0.5, 0.6) is 0 Å². The summed E-state index contributed by atoms with van der Waals surface area (Å²) in [6, 6.07) is 0.523. The van der Waals surface area contributed by atoms with Crippen LogP contribution in [0.4, 0.5) is 0 Å². The van der Waals surface area contributed by atoms with Crippen LogP contribution in [0, 0.1) is 11.8 Å². The van der Waals surface area contributed by atoms with Crippen molar-refractivity contribution in [1.29, 1.82) is 0 Å². The molecule has 1 rings (SSSR count). The quantitative estimate of drug-likeness (QED) is 0.742. The fraction of sp³-hybridized carbons (Fsp3) is 1.00. The first-order chi connectivity index (χ1) is 8.62. The maximum absolute atomic E-state index is 6.40. The van der Waals surface area contributed by atoms with Crippen molar-refractivity contribution in [2.24, 2.45) is 11.8 Å². The molecule has 1 fully saturated rings. The van der Waals surface area contributed by atoms with Crippen molar-refractivity contribution in [2.45, 2.75) is 84.5 Å². The van der Waals surface area contributed by atoms with Crippen LogP contribution < -0.4 is 5.32 Å². The highest BCUT2D eigenvalue weighted by atomic mass is 16.5. The molecule has 5 atom stereocenters. The van der Waals surface area contributed by atoms with Gasteiger partial charge in [0.1, 0.15) is 0 Å². The highest BCUT2D eigenvalue weighted by Crippen LogP contribution is 2.32. The van der Waals surface area contributed by atoms with Crippen molar-refractivity contribution < 1.29 is 4.74 Å². The number of rotatable bonds is 7. The molecule has 2 nitrogen and oxygen atoms in total. The predicted molar refractivity (Wildman–Crippen MR) is 78.9 cm³/mol. The van der Waals surface area contributed by atoms with E-state index in [0.717, 1.165) is 18.3 Å². The van der Waals surface area contributed by atoms with E-state index in [0.29, 0.717) is 18.2 Å². The van der Waals surface area contributed by atoms with Gasteiger partial charge in [0, 0.05) is 6.04 Å². The lowest BCUT2D eigenvalue weighted by molar-refractivity contribution is -0.0632. The van der Waals surface area contributed by atoms with Gasteiger partial charge in [0.05, 0.1) is 12.2 Å². The van der Waals surface area contributed by atoms with E-state index in [1.165, 1.54) is 32.1 Å². The third-order valence-electron chi connectivity index (χ3n) is 4.74. The van der Waals surface area contributed by atoms with Gasteiger partial charge in [-0.05, 0) is 51.0 Å². The molecule has 1 N–H and O–H groups in total. The second-order valence-electron chi connectivity index (χ2n) is 6.16. The predicted octanol–water partition coefficient (Wildman–Crippen LogP) is 3.99. The second kappa shape index (κ2) is 8.16. The molecule has 0 spiro atoms. The summed E-state index contributed by atoms with van der Waals surface area (Å²) in [5.74, 6) is 1.70. The number of hydrogen-bond donors (Lipinski definition) is 1. The fourth-order valence-electron chi connectivity index (χ4n) is 3.17. The van der Waals surface area contributed by atoms with Crippen molar-refractivity contribution >= 4 is 0 Å². The zero-order chi connectivity index (χ0) is 13.5. The molecule has 0 amide bonds. The summed E-state index contributed by atoms with van der Waals surface area (Å²) in [7, 11) is 2.07. The molecule has 5 unspecified atom stereocenters. The number of ether oxygens (including phenoxy) is 1. The third kappa shape index (κ3) is 4.55. The third-order valence-corrected chi connectivity index (χ3v) is 4.74. The molecule has 0 radical (unpaired) electrons. The average molecular weight is 255 g/mol. The van der Waals surface area contributed by atoms with Gasteiger partial charge in [-0.2, -0.15) is 0 Å².